The van der Waals surface area contributed by atoms with E-state index in [4.69, 9.17) is 4.74 Å². The Balaban J connectivity index is 1.06. The lowest BCUT2D eigenvalue weighted by atomic mass is 9.49. The highest BCUT2D eigenvalue weighted by molar-refractivity contribution is 5.83. The third-order valence-electron chi connectivity index (χ3n) is 7.87. The molecule has 1 amide bonds. The molecule has 2 aromatic heterocycles. The average Bonchev–Trinajstić information content (AvgIpc) is 3.28. The number of likely N-dealkylation sites (tertiary alicyclic amines) is 1. The Labute approximate surface area is 176 Å². The highest BCUT2D eigenvalue weighted by Gasteiger charge is 2.55. The van der Waals surface area contributed by atoms with Crippen LogP contribution < -0.4 is 4.74 Å². The van der Waals surface area contributed by atoms with Crippen LogP contribution in [0.4, 0.5) is 0 Å². The third kappa shape index (κ3) is 3.19. The molecule has 1 aliphatic heterocycles. The maximum Gasteiger partial charge on any atom is 0.233 e. The molecule has 0 atom stereocenters. The minimum absolute atomic E-state index is 0.0315. The summed E-state index contributed by atoms with van der Waals surface area (Å²) in [6.45, 7) is 1.59. The van der Waals surface area contributed by atoms with Gasteiger partial charge in [0, 0.05) is 44.4 Å². The first kappa shape index (κ1) is 18.3. The summed E-state index contributed by atoms with van der Waals surface area (Å²) in [6.07, 6.45) is 12.9. The number of hydrogen-bond donors (Lipinski definition) is 0. The first-order valence-corrected chi connectivity index (χ1v) is 11.5. The summed E-state index contributed by atoms with van der Waals surface area (Å²) in [5.74, 6) is 4.08. The maximum absolute atomic E-state index is 13.5. The molecule has 7 rings (SSSR count). The summed E-state index contributed by atoms with van der Waals surface area (Å²) >= 11 is 0. The molecule has 4 saturated carbocycles. The van der Waals surface area contributed by atoms with Gasteiger partial charge in [-0.2, -0.15) is 5.10 Å². The second-order valence-corrected chi connectivity index (χ2v) is 9.99. The van der Waals surface area contributed by atoms with E-state index in [1.54, 1.807) is 10.9 Å². The van der Waals surface area contributed by atoms with Gasteiger partial charge in [0.1, 0.15) is 6.10 Å². The molecule has 7 nitrogen and oxygen atoms in total. The van der Waals surface area contributed by atoms with Crippen LogP contribution in [0.5, 0.6) is 5.88 Å². The molecule has 30 heavy (non-hydrogen) atoms. The smallest absolute Gasteiger partial charge is 0.233 e. The quantitative estimate of drug-likeness (QED) is 0.778. The predicted octanol–water partition coefficient (Wildman–Crippen LogP) is 3.25. The van der Waals surface area contributed by atoms with Gasteiger partial charge < -0.3 is 9.64 Å². The van der Waals surface area contributed by atoms with Crippen molar-refractivity contribution in [2.24, 2.45) is 23.2 Å². The van der Waals surface area contributed by atoms with E-state index in [0.29, 0.717) is 17.6 Å². The summed E-state index contributed by atoms with van der Waals surface area (Å²) in [7, 11) is 0. The molecule has 1 saturated heterocycles. The van der Waals surface area contributed by atoms with Crippen LogP contribution in [-0.4, -0.2) is 50.0 Å². The van der Waals surface area contributed by atoms with E-state index in [-0.39, 0.29) is 11.5 Å². The fraction of sp³-hybridized carbons (Fsp3) is 0.652. The number of amides is 1. The van der Waals surface area contributed by atoms with Gasteiger partial charge in [0.25, 0.3) is 0 Å². The average molecular weight is 408 g/mol. The van der Waals surface area contributed by atoms with Crippen molar-refractivity contribution in [3.05, 3.63) is 30.6 Å². The van der Waals surface area contributed by atoms with Crippen molar-refractivity contribution in [3.63, 3.8) is 0 Å². The number of carbonyl (C=O) groups excluding carboxylic acids is 1. The van der Waals surface area contributed by atoms with Crippen molar-refractivity contribution in [3.8, 4) is 11.7 Å². The van der Waals surface area contributed by atoms with Crippen molar-refractivity contribution in [2.75, 3.05) is 13.1 Å². The van der Waals surface area contributed by atoms with E-state index < -0.39 is 0 Å². The lowest BCUT2D eigenvalue weighted by molar-refractivity contribution is -0.159. The molecule has 0 radical (unpaired) electrons. The molecule has 158 valence electrons. The van der Waals surface area contributed by atoms with E-state index >= 15 is 0 Å². The first-order valence-electron chi connectivity index (χ1n) is 11.5. The van der Waals surface area contributed by atoms with Gasteiger partial charge in [-0.15, -0.1) is 10.2 Å². The number of rotatable bonds is 4. The van der Waals surface area contributed by atoms with Crippen LogP contribution in [0.25, 0.3) is 5.82 Å². The Hall–Kier alpha value is -2.44. The van der Waals surface area contributed by atoms with E-state index in [2.05, 4.69) is 20.2 Å². The van der Waals surface area contributed by atoms with Gasteiger partial charge in [0.05, 0.1) is 5.41 Å². The zero-order valence-electron chi connectivity index (χ0n) is 17.3. The van der Waals surface area contributed by atoms with Crippen LogP contribution in [0.2, 0.25) is 0 Å². The third-order valence-corrected chi connectivity index (χ3v) is 7.87. The molecule has 5 aliphatic rings. The molecule has 7 heteroatoms. The van der Waals surface area contributed by atoms with E-state index in [1.165, 1.54) is 19.3 Å². The molecule has 0 aromatic carbocycles. The second kappa shape index (κ2) is 7.06. The molecule has 5 fully saturated rings. The second-order valence-electron chi connectivity index (χ2n) is 9.99. The van der Waals surface area contributed by atoms with E-state index in [9.17, 15) is 4.79 Å². The van der Waals surface area contributed by atoms with Crippen LogP contribution in [0.15, 0.2) is 30.6 Å². The van der Waals surface area contributed by atoms with Crippen molar-refractivity contribution in [1.29, 1.82) is 0 Å². The fourth-order valence-electron chi connectivity index (χ4n) is 6.96. The molecular weight excluding hydrogens is 378 g/mol. The summed E-state index contributed by atoms with van der Waals surface area (Å²) in [5, 5.41) is 12.6. The highest BCUT2D eigenvalue weighted by Crippen LogP contribution is 2.60. The molecule has 0 spiro atoms. The summed E-state index contributed by atoms with van der Waals surface area (Å²) in [6, 6.07) is 5.56. The fourth-order valence-corrected chi connectivity index (χ4v) is 6.96. The minimum atomic E-state index is -0.0315. The van der Waals surface area contributed by atoms with E-state index in [0.717, 1.165) is 62.9 Å². The number of aromatic nitrogens is 4. The van der Waals surface area contributed by atoms with Crippen LogP contribution in [0.1, 0.15) is 51.4 Å². The van der Waals surface area contributed by atoms with Crippen molar-refractivity contribution >= 4 is 5.91 Å². The predicted molar refractivity (Wildman–Crippen MR) is 110 cm³/mol. The number of hydrogen-bond acceptors (Lipinski definition) is 5. The molecule has 0 N–H and O–H groups in total. The molecule has 3 heterocycles. The van der Waals surface area contributed by atoms with Crippen molar-refractivity contribution in [1.82, 2.24) is 24.9 Å². The molecule has 4 bridgehead atoms. The number of ether oxygens (including phenoxy) is 1. The minimum Gasteiger partial charge on any atom is -0.473 e. The van der Waals surface area contributed by atoms with E-state index in [1.807, 2.05) is 24.4 Å². The molecule has 4 aliphatic carbocycles. The molecule has 2 aromatic rings. The Bertz CT molecular complexity index is 867. The van der Waals surface area contributed by atoms with Gasteiger partial charge in [-0.1, -0.05) is 0 Å². The topological polar surface area (TPSA) is 73.1 Å². The summed E-state index contributed by atoms with van der Waals surface area (Å²) < 4.78 is 7.74. The summed E-state index contributed by atoms with van der Waals surface area (Å²) in [5.41, 5.74) is -0.0315. The Morgan fingerprint density at radius 2 is 1.70 bits per heavy atom. The first-order chi connectivity index (χ1) is 14.7. The van der Waals surface area contributed by atoms with Gasteiger partial charge >= 0.3 is 0 Å². The monoisotopic (exact) mass is 407 g/mol. The summed E-state index contributed by atoms with van der Waals surface area (Å²) in [4.78, 5) is 15.7. The van der Waals surface area contributed by atoms with Gasteiger partial charge in [-0.3, -0.25) is 4.79 Å². The lowest BCUT2D eigenvalue weighted by Gasteiger charge is -2.57. The largest absolute Gasteiger partial charge is 0.473 e. The number of carbonyl (C=O) groups is 1. The zero-order valence-corrected chi connectivity index (χ0v) is 17.3. The van der Waals surface area contributed by atoms with Gasteiger partial charge in [-0.25, -0.2) is 4.68 Å². The zero-order chi connectivity index (χ0) is 20.1. The SMILES string of the molecule is O=C(N1CCC(Oc2ccc(-n3cccn3)nn2)CC1)C12CC3CC(CC(C3)C1)C2. The van der Waals surface area contributed by atoms with Crippen molar-refractivity contribution < 1.29 is 9.53 Å². The van der Waals surface area contributed by atoms with Gasteiger partial charge in [-0.05, 0) is 68.4 Å². The normalized spacial score (nSPS) is 33.1. The van der Waals surface area contributed by atoms with Crippen LogP contribution in [-0.2, 0) is 4.79 Å². The highest BCUT2D eigenvalue weighted by atomic mass is 16.5. The Kier molecular flexibility index (Phi) is 4.32. The van der Waals surface area contributed by atoms with Crippen LogP contribution in [0.3, 0.4) is 0 Å². The molecule has 0 unspecified atom stereocenters. The number of nitrogens with zero attached hydrogens (tertiary/aromatic N) is 5. The standard InChI is InChI=1S/C23H29N5O2/c29-22(23-13-16-10-17(14-23)12-18(11-16)15-23)27-8-4-19(5-9-27)30-21-3-2-20(25-26-21)28-7-1-6-24-28/h1-3,6-7,16-19H,4-5,8-15H2. The number of piperidine rings is 1. The molecular formula is C23H29N5O2. The lowest BCUT2D eigenvalue weighted by Crippen LogP contribution is -2.56. The van der Waals surface area contributed by atoms with Gasteiger partial charge in [0.15, 0.2) is 5.82 Å². The van der Waals surface area contributed by atoms with Gasteiger partial charge in [0.2, 0.25) is 11.8 Å². The van der Waals surface area contributed by atoms with Crippen LogP contribution in [0, 0.1) is 23.2 Å². The van der Waals surface area contributed by atoms with Crippen molar-refractivity contribution in [2.45, 2.75) is 57.5 Å². The Morgan fingerprint density at radius 3 is 2.27 bits per heavy atom. The maximum atomic E-state index is 13.5. The van der Waals surface area contributed by atoms with Crippen LogP contribution >= 0.6 is 0 Å². The Morgan fingerprint density at radius 1 is 1.00 bits per heavy atom.